The van der Waals surface area contributed by atoms with Gasteiger partial charge in [0.25, 0.3) is 0 Å². The summed E-state index contributed by atoms with van der Waals surface area (Å²) in [6.45, 7) is 5.25. The van der Waals surface area contributed by atoms with E-state index in [2.05, 4.69) is 12.6 Å². The van der Waals surface area contributed by atoms with Gasteiger partial charge < -0.3 is 4.74 Å². The molecule has 4 aliphatic rings. The van der Waals surface area contributed by atoms with Gasteiger partial charge in [-0.2, -0.15) is 5.26 Å². The summed E-state index contributed by atoms with van der Waals surface area (Å²) in [4.78, 5) is 11.3. The van der Waals surface area contributed by atoms with Gasteiger partial charge in [-0.3, -0.25) is 4.79 Å². The van der Waals surface area contributed by atoms with Crippen LogP contribution in [0.5, 0.6) is 0 Å². The number of hydrogen-bond acceptors (Lipinski definition) is 3. The van der Waals surface area contributed by atoms with Crippen molar-refractivity contribution in [3.05, 3.63) is 12.2 Å². The van der Waals surface area contributed by atoms with Crippen molar-refractivity contribution >= 4 is 5.97 Å². The standard InChI is InChI=1S/C16H21NO2/c1-9(8-17)16(19-10(2)18)15-13-4-11-3-12(6-13)7-14(15)5-11/h11-16H,1,3-7H2,2H3. The minimum atomic E-state index is -0.377. The van der Waals surface area contributed by atoms with Gasteiger partial charge in [-0.05, 0) is 55.8 Å². The molecule has 0 N–H and O–H groups in total. The van der Waals surface area contributed by atoms with Gasteiger partial charge in [0.05, 0.1) is 11.6 Å². The summed E-state index contributed by atoms with van der Waals surface area (Å²) < 4.78 is 5.47. The number of hydrogen-bond donors (Lipinski definition) is 0. The van der Waals surface area contributed by atoms with Crippen LogP contribution >= 0.6 is 0 Å². The Bertz CT molecular complexity index is 420. The summed E-state index contributed by atoms with van der Waals surface area (Å²) >= 11 is 0. The first-order chi connectivity index (χ1) is 9.08. The highest BCUT2D eigenvalue weighted by Gasteiger charge is 2.51. The van der Waals surface area contributed by atoms with Crippen molar-refractivity contribution in [1.29, 1.82) is 5.26 Å². The summed E-state index contributed by atoms with van der Waals surface area (Å²) in [6, 6.07) is 2.11. The predicted octanol–water partition coefficient (Wildman–Crippen LogP) is 3.07. The lowest BCUT2D eigenvalue weighted by molar-refractivity contribution is -0.155. The summed E-state index contributed by atoms with van der Waals surface area (Å²) in [7, 11) is 0. The monoisotopic (exact) mass is 259 g/mol. The smallest absolute Gasteiger partial charge is 0.303 e. The maximum atomic E-state index is 11.3. The van der Waals surface area contributed by atoms with Gasteiger partial charge in [0.15, 0.2) is 0 Å². The highest BCUT2D eigenvalue weighted by Crippen LogP contribution is 2.58. The van der Waals surface area contributed by atoms with Crippen molar-refractivity contribution in [2.24, 2.45) is 29.6 Å². The third kappa shape index (κ3) is 2.18. The molecule has 0 aromatic rings. The van der Waals surface area contributed by atoms with Crippen LogP contribution in [0.15, 0.2) is 12.2 Å². The number of rotatable bonds is 3. The van der Waals surface area contributed by atoms with Crippen LogP contribution in [-0.4, -0.2) is 12.1 Å². The molecule has 4 aliphatic carbocycles. The summed E-state index contributed by atoms with van der Waals surface area (Å²) in [5.74, 6) is 3.06. The first-order valence-electron chi connectivity index (χ1n) is 7.34. The van der Waals surface area contributed by atoms with Gasteiger partial charge in [0.1, 0.15) is 6.10 Å². The minimum Gasteiger partial charge on any atom is -0.457 e. The predicted molar refractivity (Wildman–Crippen MR) is 70.8 cm³/mol. The quantitative estimate of drug-likeness (QED) is 0.578. The number of carbonyl (C=O) groups is 1. The van der Waals surface area contributed by atoms with E-state index in [-0.39, 0.29) is 12.1 Å². The van der Waals surface area contributed by atoms with E-state index in [0.717, 1.165) is 11.8 Å². The molecule has 0 amide bonds. The first kappa shape index (κ1) is 12.7. The summed E-state index contributed by atoms with van der Waals surface area (Å²) in [5.41, 5.74) is 0.424. The lowest BCUT2D eigenvalue weighted by Crippen LogP contribution is -2.50. The fraction of sp³-hybridized carbons (Fsp3) is 0.750. The zero-order valence-electron chi connectivity index (χ0n) is 11.5. The first-order valence-corrected chi connectivity index (χ1v) is 7.34. The van der Waals surface area contributed by atoms with Crippen molar-refractivity contribution in [1.82, 2.24) is 0 Å². The number of nitrogens with zero attached hydrogens (tertiary/aromatic N) is 1. The second-order valence-electron chi connectivity index (χ2n) is 6.68. The second kappa shape index (κ2) is 4.67. The molecular weight excluding hydrogens is 238 g/mol. The molecule has 4 saturated carbocycles. The highest BCUT2D eigenvalue weighted by atomic mass is 16.5. The van der Waals surface area contributed by atoms with E-state index in [4.69, 9.17) is 10.00 Å². The molecule has 1 atom stereocenters. The van der Waals surface area contributed by atoms with Crippen LogP contribution in [0.1, 0.15) is 39.0 Å². The van der Waals surface area contributed by atoms with Crippen LogP contribution in [0, 0.1) is 40.9 Å². The van der Waals surface area contributed by atoms with E-state index in [1.807, 2.05) is 0 Å². The highest BCUT2D eigenvalue weighted by molar-refractivity contribution is 5.66. The molecule has 0 aromatic carbocycles. The Morgan fingerprint density at radius 2 is 1.74 bits per heavy atom. The van der Waals surface area contributed by atoms with Crippen molar-refractivity contribution in [2.45, 2.75) is 45.1 Å². The molecule has 19 heavy (non-hydrogen) atoms. The maximum Gasteiger partial charge on any atom is 0.303 e. The number of carbonyl (C=O) groups excluding carboxylic acids is 1. The fourth-order valence-electron chi connectivity index (χ4n) is 5.09. The van der Waals surface area contributed by atoms with Gasteiger partial charge in [-0.1, -0.05) is 6.58 Å². The average molecular weight is 259 g/mol. The molecule has 102 valence electrons. The van der Waals surface area contributed by atoms with Crippen molar-refractivity contribution < 1.29 is 9.53 Å². The van der Waals surface area contributed by atoms with Crippen molar-refractivity contribution in [3.8, 4) is 6.07 Å². The molecule has 1 unspecified atom stereocenters. The van der Waals surface area contributed by atoms with Crippen LogP contribution in [0.25, 0.3) is 0 Å². The topological polar surface area (TPSA) is 50.1 Å². The Kier molecular flexibility index (Phi) is 3.12. The van der Waals surface area contributed by atoms with Crippen LogP contribution in [0.4, 0.5) is 0 Å². The van der Waals surface area contributed by atoms with E-state index in [1.165, 1.54) is 39.0 Å². The number of nitriles is 1. The molecule has 0 spiro atoms. The summed E-state index contributed by atoms with van der Waals surface area (Å²) in [6.07, 6.45) is 6.05. The second-order valence-corrected chi connectivity index (χ2v) is 6.68. The molecular formula is C16H21NO2. The largest absolute Gasteiger partial charge is 0.457 e. The third-order valence-corrected chi connectivity index (χ3v) is 5.43. The van der Waals surface area contributed by atoms with E-state index >= 15 is 0 Å². The zero-order chi connectivity index (χ0) is 13.6. The van der Waals surface area contributed by atoms with Crippen LogP contribution in [-0.2, 0) is 9.53 Å². The molecule has 0 aliphatic heterocycles. The van der Waals surface area contributed by atoms with E-state index in [1.54, 1.807) is 0 Å². The van der Waals surface area contributed by atoms with Crippen molar-refractivity contribution in [3.63, 3.8) is 0 Å². The van der Waals surface area contributed by atoms with Crippen LogP contribution < -0.4 is 0 Å². The Morgan fingerprint density at radius 1 is 1.21 bits per heavy atom. The fourth-order valence-corrected chi connectivity index (χ4v) is 5.09. The Morgan fingerprint density at radius 3 is 2.16 bits per heavy atom. The normalized spacial score (nSPS) is 40.5. The van der Waals surface area contributed by atoms with Gasteiger partial charge in [0.2, 0.25) is 0 Å². The van der Waals surface area contributed by atoms with Crippen LogP contribution in [0.2, 0.25) is 0 Å². The molecule has 4 fully saturated rings. The van der Waals surface area contributed by atoms with E-state index in [9.17, 15) is 4.79 Å². The Hall–Kier alpha value is -1.30. The van der Waals surface area contributed by atoms with Gasteiger partial charge in [0, 0.05) is 12.8 Å². The molecule has 3 heteroatoms. The lowest BCUT2D eigenvalue weighted by Gasteiger charge is -2.55. The average Bonchev–Trinajstić information content (AvgIpc) is 2.34. The maximum absolute atomic E-state index is 11.3. The van der Waals surface area contributed by atoms with Gasteiger partial charge in [-0.15, -0.1) is 0 Å². The molecule has 0 radical (unpaired) electrons. The van der Waals surface area contributed by atoms with Gasteiger partial charge in [-0.25, -0.2) is 0 Å². The van der Waals surface area contributed by atoms with Gasteiger partial charge >= 0.3 is 5.97 Å². The zero-order valence-corrected chi connectivity index (χ0v) is 11.5. The lowest BCUT2D eigenvalue weighted by atomic mass is 9.50. The molecule has 0 saturated heterocycles. The number of esters is 1. The number of ether oxygens (including phenoxy) is 1. The molecule has 0 aromatic heterocycles. The molecule has 4 rings (SSSR count). The van der Waals surface area contributed by atoms with E-state index in [0.29, 0.717) is 23.3 Å². The SMILES string of the molecule is C=C(C#N)C(OC(C)=O)C1C2CC3CC(C2)CC1C3. The molecule has 0 heterocycles. The minimum absolute atomic E-state index is 0.296. The molecule has 3 nitrogen and oxygen atoms in total. The summed E-state index contributed by atoms with van der Waals surface area (Å²) in [5, 5.41) is 9.13. The van der Waals surface area contributed by atoms with E-state index < -0.39 is 0 Å². The van der Waals surface area contributed by atoms with Crippen LogP contribution in [0.3, 0.4) is 0 Å². The Labute approximate surface area is 114 Å². The Balaban J connectivity index is 1.84. The van der Waals surface area contributed by atoms with Crippen molar-refractivity contribution in [2.75, 3.05) is 0 Å². The third-order valence-electron chi connectivity index (χ3n) is 5.43. The molecule has 4 bridgehead atoms.